The minimum atomic E-state index is 0. The Hall–Kier alpha value is -0.740. The van der Waals surface area contributed by atoms with Crippen molar-refractivity contribution in [2.75, 3.05) is 11.9 Å². The summed E-state index contributed by atoms with van der Waals surface area (Å²) in [5.41, 5.74) is 4.17. The van der Waals surface area contributed by atoms with Crippen LogP contribution in [0.2, 0.25) is 0 Å². The third-order valence-electron chi connectivity index (χ3n) is 4.21. The topological polar surface area (TPSA) is 24.1 Å². The van der Waals surface area contributed by atoms with Crippen LogP contribution in [-0.2, 0) is 0 Å². The number of hydrogen-bond acceptors (Lipinski definition) is 3. The van der Waals surface area contributed by atoms with Crippen LogP contribution in [0.5, 0.6) is 0 Å². The van der Waals surface area contributed by atoms with Gasteiger partial charge in [-0.05, 0) is 47.0 Å². The molecule has 2 nitrogen and oxygen atoms in total. The smallest absolute Gasteiger partial charge is 0.0568 e. The first-order valence-electron chi connectivity index (χ1n) is 6.54. The lowest BCUT2D eigenvalue weighted by Gasteiger charge is -2.36. The van der Waals surface area contributed by atoms with E-state index in [9.17, 15) is 0 Å². The molecule has 0 aliphatic carbocycles. The average molecular weight is 329 g/mol. The maximum atomic E-state index is 3.74. The lowest BCUT2D eigenvalue weighted by atomic mass is 9.81. The van der Waals surface area contributed by atoms with E-state index in [1.165, 1.54) is 23.2 Å². The van der Waals surface area contributed by atoms with E-state index < -0.39 is 0 Å². The van der Waals surface area contributed by atoms with E-state index in [1.54, 1.807) is 11.3 Å². The van der Waals surface area contributed by atoms with Crippen LogP contribution in [0, 0.1) is 5.92 Å². The van der Waals surface area contributed by atoms with Crippen molar-refractivity contribution < 1.29 is 0 Å². The van der Waals surface area contributed by atoms with Gasteiger partial charge in [-0.3, -0.25) is 0 Å². The quantitative estimate of drug-likeness (QED) is 0.810. The maximum Gasteiger partial charge on any atom is 0.0568 e. The average Bonchev–Trinajstić information content (AvgIpc) is 3.09. The highest BCUT2D eigenvalue weighted by molar-refractivity contribution is 7.08. The van der Waals surface area contributed by atoms with E-state index in [2.05, 4.69) is 51.7 Å². The molecular weight excluding hydrogens is 311 g/mol. The van der Waals surface area contributed by atoms with E-state index in [0.29, 0.717) is 18.0 Å². The summed E-state index contributed by atoms with van der Waals surface area (Å²) in [7, 11) is 0. The first kappa shape index (κ1) is 15.6. The lowest BCUT2D eigenvalue weighted by Crippen LogP contribution is -2.32. The fourth-order valence-corrected chi connectivity index (χ4v) is 4.08. The van der Waals surface area contributed by atoms with Gasteiger partial charge in [-0.1, -0.05) is 18.2 Å². The summed E-state index contributed by atoms with van der Waals surface area (Å²) in [5.74, 6) is 0.675. The van der Waals surface area contributed by atoms with E-state index in [0.717, 1.165) is 6.54 Å². The molecule has 0 saturated carbocycles. The zero-order chi connectivity index (χ0) is 11.9. The standard InChI is InChI=1S/C15H16N2S.2ClH/c1-2-4-13-11(3-1)15-12(5-7-16-15)14(17-13)10-6-8-18-9-10;;/h1-4,6,8-9,12,14-17H,5,7H2;2*1H. The van der Waals surface area contributed by atoms with Crippen LogP contribution in [0.1, 0.15) is 29.6 Å². The van der Waals surface area contributed by atoms with Crippen LogP contribution in [0.4, 0.5) is 5.69 Å². The van der Waals surface area contributed by atoms with E-state index in [-0.39, 0.29) is 24.8 Å². The van der Waals surface area contributed by atoms with Gasteiger partial charge in [0.15, 0.2) is 0 Å². The van der Waals surface area contributed by atoms with E-state index in [4.69, 9.17) is 0 Å². The van der Waals surface area contributed by atoms with Crippen molar-refractivity contribution in [3.63, 3.8) is 0 Å². The fraction of sp³-hybridized carbons (Fsp3) is 0.333. The summed E-state index contributed by atoms with van der Waals surface area (Å²) in [6.45, 7) is 1.13. The van der Waals surface area contributed by atoms with Gasteiger partial charge in [0.2, 0.25) is 0 Å². The van der Waals surface area contributed by atoms with Crippen molar-refractivity contribution in [3.8, 4) is 0 Å². The number of halogens is 2. The number of thiophene rings is 1. The molecular formula is C15H18Cl2N2S. The van der Waals surface area contributed by atoms with Crippen molar-refractivity contribution in [2.45, 2.75) is 18.5 Å². The Labute approximate surface area is 135 Å². The Kier molecular flexibility index (Phi) is 4.97. The fourth-order valence-electron chi connectivity index (χ4n) is 3.38. The Bertz CT molecular complexity index is 559. The van der Waals surface area contributed by atoms with Gasteiger partial charge in [-0.2, -0.15) is 11.3 Å². The van der Waals surface area contributed by atoms with E-state index >= 15 is 0 Å². The molecule has 2 aromatic rings. The molecule has 0 radical (unpaired) electrons. The summed E-state index contributed by atoms with van der Waals surface area (Å²) in [6.07, 6.45) is 1.26. The summed E-state index contributed by atoms with van der Waals surface area (Å²) in [6, 6.07) is 12.0. The van der Waals surface area contributed by atoms with Crippen molar-refractivity contribution >= 4 is 41.8 Å². The molecule has 2 aliphatic heterocycles. The second-order valence-electron chi connectivity index (χ2n) is 5.15. The molecule has 0 amide bonds. The second kappa shape index (κ2) is 6.35. The normalized spacial score (nSPS) is 26.5. The Balaban J connectivity index is 0.000000735. The summed E-state index contributed by atoms with van der Waals surface area (Å²) in [4.78, 5) is 0. The van der Waals surface area contributed by atoms with Gasteiger partial charge in [0.1, 0.15) is 0 Å². The van der Waals surface area contributed by atoms with Gasteiger partial charge in [0, 0.05) is 17.6 Å². The van der Waals surface area contributed by atoms with Crippen LogP contribution < -0.4 is 10.6 Å². The minimum Gasteiger partial charge on any atom is -0.378 e. The summed E-state index contributed by atoms with van der Waals surface area (Å²) < 4.78 is 0. The molecule has 3 heterocycles. The van der Waals surface area contributed by atoms with Gasteiger partial charge in [0.05, 0.1) is 6.04 Å². The van der Waals surface area contributed by atoms with Crippen molar-refractivity contribution in [3.05, 3.63) is 52.2 Å². The number of hydrogen-bond donors (Lipinski definition) is 2. The molecule has 1 saturated heterocycles. The minimum absolute atomic E-state index is 0. The highest BCUT2D eigenvalue weighted by Gasteiger charge is 2.39. The molecule has 5 heteroatoms. The van der Waals surface area contributed by atoms with Crippen LogP contribution >= 0.6 is 36.2 Å². The highest BCUT2D eigenvalue weighted by Crippen LogP contribution is 2.47. The molecule has 3 atom stereocenters. The molecule has 3 unspecified atom stereocenters. The lowest BCUT2D eigenvalue weighted by molar-refractivity contribution is 0.391. The molecule has 2 aliphatic rings. The zero-order valence-corrected chi connectivity index (χ0v) is 13.4. The van der Waals surface area contributed by atoms with Gasteiger partial charge in [-0.15, -0.1) is 24.8 Å². The number of nitrogens with one attached hydrogen (secondary N) is 2. The molecule has 20 heavy (non-hydrogen) atoms. The Morgan fingerprint density at radius 3 is 2.70 bits per heavy atom. The third-order valence-corrected chi connectivity index (χ3v) is 4.91. The monoisotopic (exact) mass is 328 g/mol. The van der Waals surface area contributed by atoms with Crippen LogP contribution in [-0.4, -0.2) is 6.54 Å². The molecule has 1 aromatic heterocycles. The molecule has 4 rings (SSSR count). The summed E-state index contributed by atoms with van der Waals surface area (Å²) in [5, 5.41) is 11.9. The molecule has 108 valence electrons. The summed E-state index contributed by atoms with van der Waals surface area (Å²) >= 11 is 1.79. The van der Waals surface area contributed by atoms with Crippen molar-refractivity contribution in [1.29, 1.82) is 0 Å². The maximum absolute atomic E-state index is 3.74. The molecule has 0 spiro atoms. The van der Waals surface area contributed by atoms with Crippen LogP contribution in [0.15, 0.2) is 41.1 Å². The predicted molar refractivity (Wildman–Crippen MR) is 90.5 cm³/mol. The number of rotatable bonds is 1. The molecule has 0 bridgehead atoms. The second-order valence-corrected chi connectivity index (χ2v) is 5.93. The molecule has 1 aromatic carbocycles. The van der Waals surface area contributed by atoms with Crippen molar-refractivity contribution in [2.24, 2.45) is 5.92 Å². The first-order valence-corrected chi connectivity index (χ1v) is 7.49. The molecule has 2 N–H and O–H groups in total. The highest BCUT2D eigenvalue weighted by atomic mass is 35.5. The van der Waals surface area contributed by atoms with Gasteiger partial charge in [0.25, 0.3) is 0 Å². The number of benzene rings is 1. The van der Waals surface area contributed by atoms with Crippen molar-refractivity contribution in [1.82, 2.24) is 5.32 Å². The predicted octanol–water partition coefficient (Wildman–Crippen LogP) is 4.41. The number of fused-ring (bicyclic) bond motifs is 3. The third kappa shape index (κ3) is 2.44. The van der Waals surface area contributed by atoms with E-state index in [1.807, 2.05) is 0 Å². The largest absolute Gasteiger partial charge is 0.378 e. The number of anilines is 1. The SMILES string of the molecule is Cl.Cl.c1ccc2c(c1)NC(c1ccsc1)C1CCNC21. The zero-order valence-electron chi connectivity index (χ0n) is 10.9. The number of para-hydroxylation sites is 1. The van der Waals surface area contributed by atoms with Gasteiger partial charge in [-0.25, -0.2) is 0 Å². The first-order chi connectivity index (χ1) is 8.93. The van der Waals surface area contributed by atoms with Gasteiger partial charge < -0.3 is 10.6 Å². The van der Waals surface area contributed by atoms with Gasteiger partial charge >= 0.3 is 0 Å². The Morgan fingerprint density at radius 2 is 1.90 bits per heavy atom. The van der Waals surface area contributed by atoms with Crippen LogP contribution in [0.25, 0.3) is 0 Å². The molecule has 1 fully saturated rings. The Morgan fingerprint density at radius 1 is 1.05 bits per heavy atom. The van der Waals surface area contributed by atoms with Crippen LogP contribution in [0.3, 0.4) is 0 Å².